The molecule has 2 aromatic carbocycles. The first-order valence-corrected chi connectivity index (χ1v) is 7.34. The average molecular weight is 305 g/mol. The summed E-state index contributed by atoms with van der Waals surface area (Å²) in [4.78, 5) is 0. The van der Waals surface area contributed by atoms with Crippen molar-refractivity contribution in [1.82, 2.24) is 0 Å². The van der Waals surface area contributed by atoms with Gasteiger partial charge in [-0.05, 0) is 11.6 Å². The van der Waals surface area contributed by atoms with Crippen LogP contribution in [0.2, 0.25) is 5.02 Å². The van der Waals surface area contributed by atoms with Gasteiger partial charge in [-0.3, -0.25) is 0 Å². The summed E-state index contributed by atoms with van der Waals surface area (Å²) in [5.74, 6) is 0. The van der Waals surface area contributed by atoms with Crippen LogP contribution in [0.4, 0.5) is 0 Å². The fourth-order valence-electron chi connectivity index (χ4n) is 2.22. The third kappa shape index (κ3) is 3.83. The highest BCUT2D eigenvalue weighted by atomic mass is 35.5. The molecule has 1 aliphatic rings. The summed E-state index contributed by atoms with van der Waals surface area (Å²) in [6, 6.07) is 17.6. The lowest BCUT2D eigenvalue weighted by Gasteiger charge is -2.30. The number of benzene rings is 2. The van der Waals surface area contributed by atoms with Gasteiger partial charge in [0, 0.05) is 10.6 Å². The number of hydrogen-bond donors (Lipinski definition) is 0. The van der Waals surface area contributed by atoms with Crippen molar-refractivity contribution in [2.24, 2.45) is 0 Å². The Bertz CT molecular complexity index is 565. The predicted octanol–water partition coefficient (Wildman–Crippen LogP) is 3.97. The van der Waals surface area contributed by atoms with E-state index >= 15 is 0 Å². The van der Waals surface area contributed by atoms with Gasteiger partial charge in [0.15, 0.2) is 6.29 Å². The van der Waals surface area contributed by atoms with Gasteiger partial charge in [-0.25, -0.2) is 0 Å². The van der Waals surface area contributed by atoms with Crippen molar-refractivity contribution in [3.63, 3.8) is 0 Å². The monoisotopic (exact) mass is 304 g/mol. The molecule has 0 saturated carbocycles. The van der Waals surface area contributed by atoms with Crippen molar-refractivity contribution in [3.8, 4) is 0 Å². The molecule has 0 bridgehead atoms. The van der Waals surface area contributed by atoms with E-state index in [1.54, 1.807) is 0 Å². The Morgan fingerprint density at radius 3 is 2.33 bits per heavy atom. The van der Waals surface area contributed by atoms with Crippen molar-refractivity contribution >= 4 is 11.6 Å². The highest BCUT2D eigenvalue weighted by Crippen LogP contribution is 2.29. The van der Waals surface area contributed by atoms with Gasteiger partial charge in [0.25, 0.3) is 0 Å². The van der Waals surface area contributed by atoms with Crippen LogP contribution in [-0.4, -0.2) is 19.3 Å². The minimum Gasteiger partial charge on any atom is -0.369 e. The van der Waals surface area contributed by atoms with E-state index in [2.05, 4.69) is 0 Å². The Labute approximate surface area is 129 Å². The SMILES string of the molecule is Clc1ccccc1C1OCC(OCc2ccccc2)CO1. The first-order chi connectivity index (χ1) is 10.3. The molecule has 0 aromatic heterocycles. The van der Waals surface area contributed by atoms with Gasteiger partial charge in [-0.15, -0.1) is 0 Å². The average Bonchev–Trinajstić information content (AvgIpc) is 2.55. The molecule has 21 heavy (non-hydrogen) atoms. The number of rotatable bonds is 4. The Balaban J connectivity index is 1.50. The minimum absolute atomic E-state index is 0.0519. The zero-order valence-corrected chi connectivity index (χ0v) is 12.3. The molecule has 3 rings (SSSR count). The van der Waals surface area contributed by atoms with Gasteiger partial charge in [-0.1, -0.05) is 60.1 Å². The number of halogens is 1. The van der Waals surface area contributed by atoms with E-state index in [1.165, 1.54) is 0 Å². The molecule has 1 saturated heterocycles. The molecule has 0 spiro atoms. The second kappa shape index (κ2) is 7.05. The van der Waals surface area contributed by atoms with Crippen LogP contribution in [0.3, 0.4) is 0 Å². The van der Waals surface area contributed by atoms with Crippen LogP contribution < -0.4 is 0 Å². The van der Waals surface area contributed by atoms with Gasteiger partial charge < -0.3 is 14.2 Å². The maximum atomic E-state index is 6.14. The van der Waals surface area contributed by atoms with Gasteiger partial charge in [0.2, 0.25) is 0 Å². The van der Waals surface area contributed by atoms with E-state index in [-0.39, 0.29) is 6.10 Å². The first kappa shape index (κ1) is 14.5. The molecule has 0 unspecified atom stereocenters. The molecule has 0 atom stereocenters. The van der Waals surface area contributed by atoms with Crippen molar-refractivity contribution in [1.29, 1.82) is 0 Å². The van der Waals surface area contributed by atoms with Crippen molar-refractivity contribution < 1.29 is 14.2 Å². The lowest BCUT2D eigenvalue weighted by Crippen LogP contribution is -2.33. The summed E-state index contributed by atoms with van der Waals surface area (Å²) in [6.45, 7) is 1.57. The third-order valence-corrected chi connectivity index (χ3v) is 3.70. The van der Waals surface area contributed by atoms with Crippen molar-refractivity contribution in [2.75, 3.05) is 13.2 Å². The maximum absolute atomic E-state index is 6.14. The molecule has 0 amide bonds. The predicted molar refractivity (Wildman–Crippen MR) is 81.1 cm³/mol. The summed E-state index contributed by atoms with van der Waals surface area (Å²) in [5.41, 5.74) is 2.01. The molecule has 110 valence electrons. The standard InChI is InChI=1S/C17H17ClO3/c18-16-9-5-4-8-15(16)17-20-11-14(12-21-17)19-10-13-6-2-1-3-7-13/h1-9,14,17H,10-12H2. The van der Waals surface area contributed by atoms with E-state index in [0.29, 0.717) is 24.8 Å². The van der Waals surface area contributed by atoms with Crippen LogP contribution in [0.15, 0.2) is 54.6 Å². The van der Waals surface area contributed by atoms with E-state index in [1.807, 2.05) is 54.6 Å². The molecule has 0 aliphatic carbocycles. The smallest absolute Gasteiger partial charge is 0.185 e. The second-order valence-electron chi connectivity index (χ2n) is 4.94. The van der Waals surface area contributed by atoms with Gasteiger partial charge >= 0.3 is 0 Å². The molecule has 4 heteroatoms. The number of ether oxygens (including phenoxy) is 3. The lowest BCUT2D eigenvalue weighted by atomic mass is 10.2. The van der Waals surface area contributed by atoms with Crippen molar-refractivity contribution in [3.05, 3.63) is 70.7 Å². The normalized spacial score (nSPS) is 22.1. The molecule has 0 radical (unpaired) electrons. The van der Waals surface area contributed by atoms with E-state index in [9.17, 15) is 0 Å². The minimum atomic E-state index is -0.407. The zero-order valence-electron chi connectivity index (χ0n) is 11.6. The van der Waals surface area contributed by atoms with E-state index in [4.69, 9.17) is 25.8 Å². The summed E-state index contributed by atoms with van der Waals surface area (Å²) in [5, 5.41) is 0.658. The van der Waals surface area contributed by atoms with Crippen LogP contribution >= 0.6 is 11.6 Å². The first-order valence-electron chi connectivity index (χ1n) is 6.96. The highest BCUT2D eigenvalue weighted by Gasteiger charge is 2.25. The third-order valence-electron chi connectivity index (χ3n) is 3.35. The quantitative estimate of drug-likeness (QED) is 0.855. The topological polar surface area (TPSA) is 27.7 Å². The fourth-order valence-corrected chi connectivity index (χ4v) is 2.44. The van der Waals surface area contributed by atoms with Crippen LogP contribution in [0.5, 0.6) is 0 Å². The molecule has 2 aromatic rings. The molecular weight excluding hydrogens is 288 g/mol. The summed E-state index contributed by atoms with van der Waals surface area (Å²) >= 11 is 6.14. The Morgan fingerprint density at radius 1 is 0.952 bits per heavy atom. The van der Waals surface area contributed by atoms with E-state index in [0.717, 1.165) is 11.1 Å². The van der Waals surface area contributed by atoms with Crippen LogP contribution in [0.1, 0.15) is 17.4 Å². The summed E-state index contributed by atoms with van der Waals surface area (Å²) in [6.07, 6.45) is -0.459. The second-order valence-corrected chi connectivity index (χ2v) is 5.35. The lowest BCUT2D eigenvalue weighted by molar-refractivity contribution is -0.232. The summed E-state index contributed by atoms with van der Waals surface area (Å²) < 4.78 is 17.2. The molecule has 0 N–H and O–H groups in total. The molecule has 1 fully saturated rings. The van der Waals surface area contributed by atoms with Crippen LogP contribution in [-0.2, 0) is 20.8 Å². The van der Waals surface area contributed by atoms with Gasteiger partial charge in [0.1, 0.15) is 6.10 Å². The van der Waals surface area contributed by atoms with Gasteiger partial charge in [0.05, 0.1) is 19.8 Å². The van der Waals surface area contributed by atoms with Crippen LogP contribution in [0.25, 0.3) is 0 Å². The molecular formula is C17H17ClO3. The Hall–Kier alpha value is -1.39. The highest BCUT2D eigenvalue weighted by molar-refractivity contribution is 6.31. The van der Waals surface area contributed by atoms with E-state index < -0.39 is 6.29 Å². The summed E-state index contributed by atoms with van der Waals surface area (Å²) in [7, 11) is 0. The molecule has 3 nitrogen and oxygen atoms in total. The zero-order chi connectivity index (χ0) is 14.5. The van der Waals surface area contributed by atoms with Crippen molar-refractivity contribution in [2.45, 2.75) is 19.0 Å². The Morgan fingerprint density at radius 2 is 1.62 bits per heavy atom. The number of hydrogen-bond acceptors (Lipinski definition) is 3. The largest absolute Gasteiger partial charge is 0.369 e. The molecule has 1 heterocycles. The maximum Gasteiger partial charge on any atom is 0.185 e. The van der Waals surface area contributed by atoms with Crippen LogP contribution in [0, 0.1) is 0 Å². The molecule has 1 aliphatic heterocycles. The fraction of sp³-hybridized carbons (Fsp3) is 0.294. The Kier molecular flexibility index (Phi) is 4.88. The van der Waals surface area contributed by atoms with Gasteiger partial charge in [-0.2, -0.15) is 0 Å².